The van der Waals surface area contributed by atoms with Crippen molar-refractivity contribution in [3.63, 3.8) is 0 Å². The molecule has 88 heavy (non-hydrogen) atoms. The monoisotopic (exact) mass is 1170 g/mol. The second-order valence-corrected chi connectivity index (χ2v) is 23.3. The van der Waals surface area contributed by atoms with E-state index in [1.807, 2.05) is 57.2 Å². The van der Waals surface area contributed by atoms with Crippen LogP contribution in [0.4, 0.5) is 0 Å². The average molecular weight is 1170 g/mol. The summed E-state index contributed by atoms with van der Waals surface area (Å²) in [5.41, 5.74) is 19.1. The summed E-state index contributed by atoms with van der Waals surface area (Å²) in [6, 6.07) is 50.9. The fourth-order valence-electron chi connectivity index (χ4n) is 10.9. The molecule has 0 radical (unpaired) electrons. The highest BCUT2D eigenvalue weighted by Gasteiger charge is 2.41. The van der Waals surface area contributed by atoms with Crippen molar-refractivity contribution >= 4 is 0 Å². The normalized spacial score (nSPS) is 14.9. The Morgan fingerprint density at radius 3 is 1.33 bits per heavy atom. The molecule has 0 spiro atoms. The SMILES string of the molecule is Cc1cc(-c2ccccc2)cc(-c2ccccc2)c1.Cc1ccc2c(c1)C(C)(C)CC2(C)C.Cc1cccc(C)n1.Cc1ccccn1.[2H]c1c([2H])c([2H])c(-c2cc(C)cc(-c3c([2H])c([2H])c([2H])c(C)c3[2H])c2)c([2H])c1[2H].[2H]c1c([2H])c([2H])c(-c2cccc(-c3c([2H])c([2H])c([2H])c([2H])c3C)c2C)c([2H])c1[2H]. The minimum Gasteiger partial charge on any atom is -0.262 e. The first-order valence-corrected chi connectivity index (χ1v) is 29.4. The number of aryl methyl sites for hydroxylation is 6. The lowest BCUT2D eigenvalue weighted by atomic mass is 9.82. The van der Waals surface area contributed by atoms with Gasteiger partial charge < -0.3 is 0 Å². The molecular weight excluding hydrogens is 1060 g/mol. The van der Waals surface area contributed by atoms with E-state index >= 15 is 0 Å². The molecule has 1 aliphatic carbocycles. The Kier molecular flexibility index (Phi) is 15.4. The molecule has 0 bridgehead atoms. The van der Waals surface area contributed by atoms with Crippen LogP contribution < -0.4 is 0 Å². The highest BCUT2D eigenvalue weighted by Crippen LogP contribution is 2.49. The lowest BCUT2D eigenvalue weighted by Gasteiger charge is -2.22. The topological polar surface area (TPSA) is 25.8 Å². The molecule has 10 aromatic carbocycles. The zero-order chi connectivity index (χ0) is 78.3. The molecule has 0 saturated heterocycles. The van der Waals surface area contributed by atoms with Crippen molar-refractivity contribution in [1.29, 1.82) is 0 Å². The number of benzene rings is 10. The number of aromatic nitrogens is 2. The Morgan fingerprint density at radius 1 is 0.318 bits per heavy atom. The minimum absolute atomic E-state index is 0.0337. The predicted octanol–water partition coefficient (Wildman–Crippen LogP) is 23.6. The molecule has 0 saturated carbocycles. The second-order valence-electron chi connectivity index (χ2n) is 23.3. The van der Waals surface area contributed by atoms with Gasteiger partial charge in [0.2, 0.25) is 0 Å². The first-order chi connectivity index (χ1) is 49.8. The fourth-order valence-corrected chi connectivity index (χ4v) is 10.9. The van der Waals surface area contributed by atoms with E-state index in [1.54, 1.807) is 81.4 Å². The van der Waals surface area contributed by atoms with Gasteiger partial charge in [-0.05, 0) is 216 Å². The summed E-state index contributed by atoms with van der Waals surface area (Å²) in [5.74, 6) is 0. The highest BCUT2D eigenvalue weighted by atomic mass is 14.7. The van der Waals surface area contributed by atoms with Crippen LogP contribution in [0.1, 0.15) is 120 Å². The van der Waals surface area contributed by atoms with E-state index < -0.39 is 36.3 Å². The highest BCUT2D eigenvalue weighted by molar-refractivity contribution is 5.80. The summed E-state index contributed by atoms with van der Waals surface area (Å²) in [6.45, 7) is 26.4. The van der Waals surface area contributed by atoms with Crippen molar-refractivity contribution < 1.29 is 24.7 Å². The molecule has 2 heteroatoms. The van der Waals surface area contributed by atoms with Crippen LogP contribution in [0.3, 0.4) is 0 Å². The van der Waals surface area contributed by atoms with Gasteiger partial charge in [-0.2, -0.15) is 0 Å². The van der Waals surface area contributed by atoms with Crippen molar-refractivity contribution in [2.75, 3.05) is 0 Å². The molecule has 0 atom stereocenters. The number of fused-ring (bicyclic) bond motifs is 1. The third-order valence-corrected chi connectivity index (χ3v) is 14.8. The maximum Gasteiger partial charge on any atom is 0.0632 e. The largest absolute Gasteiger partial charge is 0.262 e. The van der Waals surface area contributed by atoms with E-state index in [-0.39, 0.29) is 94.8 Å². The zero-order valence-electron chi connectivity index (χ0n) is 70.8. The van der Waals surface area contributed by atoms with Crippen LogP contribution in [-0.2, 0) is 10.8 Å². The Balaban J connectivity index is 0.000000171. The van der Waals surface area contributed by atoms with E-state index in [4.69, 9.17) is 24.7 Å². The Labute approximate surface area is 553 Å². The third kappa shape index (κ3) is 18.3. The molecule has 2 nitrogen and oxygen atoms in total. The molecule has 0 unspecified atom stereocenters. The van der Waals surface area contributed by atoms with Gasteiger partial charge in [-0.3, -0.25) is 9.97 Å². The molecule has 2 aromatic heterocycles. The van der Waals surface area contributed by atoms with Crippen LogP contribution >= 0.6 is 0 Å². The Bertz CT molecular complexity index is 4870. The summed E-state index contributed by atoms with van der Waals surface area (Å²) >= 11 is 0. The van der Waals surface area contributed by atoms with Gasteiger partial charge in [-0.25, -0.2) is 0 Å². The maximum atomic E-state index is 8.36. The van der Waals surface area contributed by atoms with Crippen LogP contribution in [0, 0.1) is 62.3 Å². The van der Waals surface area contributed by atoms with Gasteiger partial charge in [0.1, 0.15) is 0 Å². The quantitative estimate of drug-likeness (QED) is 0.166. The van der Waals surface area contributed by atoms with E-state index in [0.29, 0.717) is 55.3 Å². The number of hydrogen-bond donors (Lipinski definition) is 0. The summed E-state index contributed by atoms with van der Waals surface area (Å²) in [4.78, 5) is 8.15. The maximum absolute atomic E-state index is 8.36. The summed E-state index contributed by atoms with van der Waals surface area (Å²) in [6.07, 6.45) is 3.05. The molecule has 1 aliphatic rings. The fraction of sp³-hybridized carbons (Fsp3) is 0.186. The number of rotatable bonds is 6. The standard InChI is InChI=1S/2C20H18.C19H16.C14H20.C7H9N.C6H7N/c1-15-9-6-7-12-18(15)20-14-8-13-19(16(20)2)17-10-4-3-5-11-17;1-15-7-6-10-18(11-15)20-13-16(2)12-19(14-20)17-8-4-3-5-9-17;1-15-12-18(16-8-4-2-5-9-16)14-19(13-15)17-10-6-3-7-11-17;1-10-6-7-11-12(8-10)14(4,5)9-13(11,2)3;1-6-4-3-5-7(2)8-6;1-6-4-2-3-5-7-6/h2*3-14H,1-2H3;2-14H,1H3;6-8H,9H2,1-5H3;3-5H,1-2H3;2-5H,1H3/i3D,4D,5D,6D,7D,9D,10D,11D,12D;3D,4D,5D,6D,7D,8D,9D,10D,11D;;;;. The second kappa shape index (κ2) is 30.7. The van der Waals surface area contributed by atoms with Crippen molar-refractivity contribution in [3.05, 3.63) is 346 Å². The van der Waals surface area contributed by atoms with Crippen LogP contribution in [-0.4, -0.2) is 9.97 Å². The molecule has 0 N–H and O–H groups in total. The summed E-state index contributed by atoms with van der Waals surface area (Å²) < 4.78 is 145. The van der Waals surface area contributed by atoms with Crippen molar-refractivity contribution in [2.45, 2.75) is 107 Å². The number of pyridine rings is 2. The molecular formula is C86H88N2. The summed E-state index contributed by atoms with van der Waals surface area (Å²) in [7, 11) is 0. The van der Waals surface area contributed by atoms with Crippen LogP contribution in [0.25, 0.3) is 66.8 Å². The predicted molar refractivity (Wildman–Crippen MR) is 380 cm³/mol. The first kappa shape index (κ1) is 44.0. The number of nitrogens with zero attached hydrogens (tertiary/aromatic N) is 2. The van der Waals surface area contributed by atoms with Gasteiger partial charge in [0, 0.05) is 23.3 Å². The van der Waals surface area contributed by atoms with Gasteiger partial charge in [0.25, 0.3) is 0 Å². The van der Waals surface area contributed by atoms with E-state index in [9.17, 15) is 0 Å². The molecule has 0 aliphatic heterocycles. The van der Waals surface area contributed by atoms with Crippen LogP contribution in [0.2, 0.25) is 0 Å². The van der Waals surface area contributed by atoms with Crippen molar-refractivity contribution in [1.82, 2.24) is 9.97 Å². The number of hydrogen-bond acceptors (Lipinski definition) is 2. The first-order valence-electron chi connectivity index (χ1n) is 38.4. The minimum atomic E-state index is -0.473. The molecule has 0 amide bonds. The van der Waals surface area contributed by atoms with E-state index in [0.717, 1.165) is 17.1 Å². The zero-order valence-corrected chi connectivity index (χ0v) is 52.8. The third-order valence-electron chi connectivity index (χ3n) is 14.8. The van der Waals surface area contributed by atoms with Crippen molar-refractivity contribution in [2.24, 2.45) is 0 Å². The van der Waals surface area contributed by atoms with Gasteiger partial charge >= 0.3 is 0 Å². The smallest absolute Gasteiger partial charge is 0.0632 e. The van der Waals surface area contributed by atoms with Gasteiger partial charge in [0.15, 0.2) is 0 Å². The molecule has 13 rings (SSSR count). The Morgan fingerprint density at radius 2 is 0.795 bits per heavy atom. The van der Waals surface area contributed by atoms with Gasteiger partial charge in [-0.15, -0.1) is 0 Å². The molecule has 0 fully saturated rings. The lowest BCUT2D eigenvalue weighted by Crippen LogP contribution is -2.17. The molecule has 12 aromatic rings. The van der Waals surface area contributed by atoms with Gasteiger partial charge in [-0.1, -0.05) is 281 Å². The Hall–Kier alpha value is -9.50. The van der Waals surface area contributed by atoms with Crippen LogP contribution in [0.5, 0.6) is 0 Å². The van der Waals surface area contributed by atoms with E-state index in [2.05, 4.69) is 149 Å². The van der Waals surface area contributed by atoms with E-state index in [1.165, 1.54) is 39.8 Å². The van der Waals surface area contributed by atoms with Crippen LogP contribution in [0.15, 0.2) is 285 Å². The lowest BCUT2D eigenvalue weighted by molar-refractivity contribution is 0.403. The summed E-state index contributed by atoms with van der Waals surface area (Å²) in [5, 5.41) is 0. The average Bonchev–Trinajstić information content (AvgIpc) is 1.56. The molecule has 442 valence electrons. The van der Waals surface area contributed by atoms with Crippen molar-refractivity contribution in [3.8, 4) is 66.8 Å². The molecule has 2 heterocycles. The van der Waals surface area contributed by atoms with Gasteiger partial charge in [0.05, 0.1) is 24.7 Å².